The molecule has 1 aliphatic heterocycles. The Hall–Kier alpha value is -4.19. The second kappa shape index (κ2) is 10.6. The molecule has 0 fully saturated rings. The summed E-state index contributed by atoms with van der Waals surface area (Å²) < 4.78 is 11.2. The van der Waals surface area contributed by atoms with Crippen LogP contribution in [-0.4, -0.2) is 23.3 Å². The Morgan fingerprint density at radius 2 is 1.86 bits per heavy atom. The number of aromatic hydroxyl groups is 1. The van der Waals surface area contributed by atoms with Gasteiger partial charge in [0.05, 0.1) is 6.61 Å². The van der Waals surface area contributed by atoms with Gasteiger partial charge in [-0.3, -0.25) is 14.4 Å². The summed E-state index contributed by atoms with van der Waals surface area (Å²) in [6.07, 6.45) is 7.33. The van der Waals surface area contributed by atoms with Gasteiger partial charge in [-0.05, 0) is 49.5 Å². The number of carbonyl (C=O) groups excluding carboxylic acids is 2. The molecule has 2 atom stereocenters. The van der Waals surface area contributed by atoms with E-state index in [0.29, 0.717) is 47.2 Å². The minimum Gasteiger partial charge on any atom is -0.507 e. The summed E-state index contributed by atoms with van der Waals surface area (Å²) in [5, 5.41) is 10.6. The SMILES string of the molecule is C=CC(C1=CC(=O)C=CC1=O)c1ccccc1.Cc1cc(=O)c2c(O)c3c(cc2o1)OCC(C)CC3. The number of rotatable bonds is 3. The molecule has 2 aromatic carbocycles. The maximum atomic E-state index is 12.0. The highest BCUT2D eigenvalue weighted by atomic mass is 16.5. The van der Waals surface area contributed by atoms with Crippen molar-refractivity contribution in [2.75, 3.05) is 6.61 Å². The van der Waals surface area contributed by atoms with E-state index < -0.39 is 0 Å². The summed E-state index contributed by atoms with van der Waals surface area (Å²) in [6.45, 7) is 8.18. The molecule has 1 aliphatic carbocycles. The number of ketones is 2. The van der Waals surface area contributed by atoms with Crippen molar-refractivity contribution in [3.8, 4) is 11.5 Å². The molecule has 0 spiro atoms. The van der Waals surface area contributed by atoms with E-state index in [9.17, 15) is 19.5 Å². The van der Waals surface area contributed by atoms with Gasteiger partial charge in [-0.25, -0.2) is 0 Å². The molecular weight excluding hydrogens is 456 g/mol. The number of hydrogen-bond acceptors (Lipinski definition) is 6. The molecule has 184 valence electrons. The maximum Gasteiger partial charge on any atom is 0.196 e. The lowest BCUT2D eigenvalue weighted by atomic mass is 9.86. The summed E-state index contributed by atoms with van der Waals surface area (Å²) in [4.78, 5) is 35.1. The number of ether oxygens (including phenoxy) is 1. The van der Waals surface area contributed by atoms with Crippen LogP contribution in [0.4, 0.5) is 0 Å². The highest BCUT2D eigenvalue weighted by Crippen LogP contribution is 2.38. The van der Waals surface area contributed by atoms with E-state index in [2.05, 4.69) is 13.5 Å². The maximum absolute atomic E-state index is 12.0. The van der Waals surface area contributed by atoms with E-state index in [4.69, 9.17) is 9.15 Å². The number of phenolic OH excluding ortho intramolecular Hbond substituents is 1. The Morgan fingerprint density at radius 3 is 2.58 bits per heavy atom. The van der Waals surface area contributed by atoms with Crippen molar-refractivity contribution in [3.63, 3.8) is 0 Å². The normalized spacial score (nSPS) is 17.7. The van der Waals surface area contributed by atoms with Gasteiger partial charge in [-0.1, -0.05) is 43.3 Å². The van der Waals surface area contributed by atoms with Crippen LogP contribution in [0.3, 0.4) is 0 Å². The van der Waals surface area contributed by atoms with E-state index in [0.717, 1.165) is 12.0 Å². The Morgan fingerprint density at radius 1 is 1.11 bits per heavy atom. The fourth-order valence-corrected chi connectivity index (χ4v) is 4.39. The Balaban J connectivity index is 0.000000170. The molecule has 0 saturated heterocycles. The smallest absolute Gasteiger partial charge is 0.196 e. The molecule has 2 unspecified atom stereocenters. The van der Waals surface area contributed by atoms with Gasteiger partial charge in [0.1, 0.15) is 28.2 Å². The molecule has 6 heteroatoms. The van der Waals surface area contributed by atoms with E-state index in [1.807, 2.05) is 30.3 Å². The van der Waals surface area contributed by atoms with Gasteiger partial charge >= 0.3 is 0 Å². The lowest BCUT2D eigenvalue weighted by Gasteiger charge is -2.16. The monoisotopic (exact) mass is 484 g/mol. The predicted molar refractivity (Wildman–Crippen MR) is 138 cm³/mol. The predicted octanol–water partition coefficient (Wildman–Crippen LogP) is 5.36. The van der Waals surface area contributed by atoms with Crippen LogP contribution >= 0.6 is 0 Å². The number of allylic oxidation sites excluding steroid dienone is 5. The molecule has 2 heterocycles. The lowest BCUT2D eigenvalue weighted by Crippen LogP contribution is -2.13. The molecule has 1 N–H and O–H groups in total. The van der Waals surface area contributed by atoms with Crippen LogP contribution in [0.15, 0.2) is 88.1 Å². The first-order valence-electron chi connectivity index (χ1n) is 11.9. The average Bonchev–Trinajstić information content (AvgIpc) is 3.04. The summed E-state index contributed by atoms with van der Waals surface area (Å²) >= 11 is 0. The third kappa shape index (κ3) is 5.23. The molecule has 0 bridgehead atoms. The molecule has 5 rings (SSSR count). The molecule has 3 aromatic rings. The topological polar surface area (TPSA) is 93.8 Å². The third-order valence-electron chi connectivity index (χ3n) is 6.30. The summed E-state index contributed by atoms with van der Waals surface area (Å²) in [6, 6.07) is 12.7. The lowest BCUT2D eigenvalue weighted by molar-refractivity contribution is -0.114. The van der Waals surface area contributed by atoms with Gasteiger partial charge in [-0.2, -0.15) is 0 Å². The van der Waals surface area contributed by atoms with Crippen LogP contribution in [0.25, 0.3) is 11.0 Å². The fourth-order valence-electron chi connectivity index (χ4n) is 4.39. The standard InChI is InChI=1S/C15H16O4.C15H12O2/c1-8-3-4-10-12(18-7-8)6-13-14(15(10)17)11(16)5-9(2)19-13;1-2-13(11-6-4-3-5-7-11)14-10-12(16)8-9-15(14)17/h5-6,8,17H,3-4,7H2,1-2H3;2-10,13H,1H2. The number of aryl methyl sites for hydroxylation is 1. The minimum absolute atomic E-state index is 0.00958. The van der Waals surface area contributed by atoms with Crippen molar-refractivity contribution >= 4 is 22.5 Å². The quantitative estimate of drug-likeness (QED) is 0.397. The molecule has 0 amide bonds. The Kier molecular flexibility index (Phi) is 7.34. The Bertz CT molecular complexity index is 1440. The molecule has 0 saturated carbocycles. The van der Waals surface area contributed by atoms with E-state index >= 15 is 0 Å². The average molecular weight is 485 g/mol. The minimum atomic E-state index is -0.224. The molecule has 1 aromatic heterocycles. The largest absolute Gasteiger partial charge is 0.507 e. The van der Waals surface area contributed by atoms with Gasteiger partial charge in [-0.15, -0.1) is 6.58 Å². The van der Waals surface area contributed by atoms with Gasteiger partial charge in [0.2, 0.25) is 0 Å². The van der Waals surface area contributed by atoms with Crippen LogP contribution in [0, 0.1) is 12.8 Å². The number of carbonyl (C=O) groups is 2. The first-order valence-corrected chi connectivity index (χ1v) is 11.9. The van der Waals surface area contributed by atoms with Crippen molar-refractivity contribution in [3.05, 3.63) is 106 Å². The highest BCUT2D eigenvalue weighted by molar-refractivity contribution is 6.18. The molecule has 2 aliphatic rings. The van der Waals surface area contributed by atoms with E-state index in [1.165, 1.54) is 24.3 Å². The van der Waals surface area contributed by atoms with Gasteiger partial charge in [0, 0.05) is 29.2 Å². The summed E-state index contributed by atoms with van der Waals surface area (Å²) in [5.74, 6) is 1.09. The molecule has 36 heavy (non-hydrogen) atoms. The van der Waals surface area contributed by atoms with Crippen LogP contribution in [0.1, 0.15) is 36.1 Å². The third-order valence-corrected chi connectivity index (χ3v) is 6.30. The van der Waals surface area contributed by atoms with E-state index in [-0.39, 0.29) is 34.0 Å². The van der Waals surface area contributed by atoms with Crippen molar-refractivity contribution in [1.29, 1.82) is 0 Å². The second-order valence-electron chi connectivity index (χ2n) is 9.07. The van der Waals surface area contributed by atoms with Crippen LogP contribution in [-0.2, 0) is 16.0 Å². The molecule has 6 nitrogen and oxygen atoms in total. The first-order chi connectivity index (χ1) is 17.3. The zero-order valence-electron chi connectivity index (χ0n) is 20.3. The second-order valence-corrected chi connectivity index (χ2v) is 9.07. The molecular formula is C30H28O6. The highest BCUT2D eigenvalue weighted by Gasteiger charge is 2.23. The van der Waals surface area contributed by atoms with Crippen molar-refractivity contribution < 1.29 is 23.8 Å². The zero-order chi connectivity index (χ0) is 25.8. The van der Waals surface area contributed by atoms with Gasteiger partial charge < -0.3 is 14.3 Å². The van der Waals surface area contributed by atoms with Crippen LogP contribution < -0.4 is 10.2 Å². The van der Waals surface area contributed by atoms with Crippen molar-refractivity contribution in [2.24, 2.45) is 5.92 Å². The summed E-state index contributed by atoms with van der Waals surface area (Å²) in [7, 11) is 0. The fraction of sp³-hybridized carbons (Fsp3) is 0.233. The summed E-state index contributed by atoms with van der Waals surface area (Å²) in [5.41, 5.74) is 2.34. The van der Waals surface area contributed by atoms with Crippen LogP contribution in [0.2, 0.25) is 0 Å². The molecule has 0 radical (unpaired) electrons. The number of hydrogen-bond donors (Lipinski definition) is 1. The van der Waals surface area contributed by atoms with Gasteiger partial charge in [0.15, 0.2) is 17.0 Å². The number of benzene rings is 2. The van der Waals surface area contributed by atoms with Crippen molar-refractivity contribution in [1.82, 2.24) is 0 Å². The first kappa shape index (κ1) is 24.9. The van der Waals surface area contributed by atoms with Crippen molar-refractivity contribution in [2.45, 2.75) is 32.6 Å². The van der Waals surface area contributed by atoms with Crippen LogP contribution in [0.5, 0.6) is 11.5 Å². The number of fused-ring (bicyclic) bond motifs is 2. The Labute approximate surface area is 209 Å². The van der Waals surface area contributed by atoms with Gasteiger partial charge in [0.25, 0.3) is 0 Å². The van der Waals surface area contributed by atoms with E-state index in [1.54, 1.807) is 19.1 Å². The zero-order valence-corrected chi connectivity index (χ0v) is 20.3. The number of phenols is 1.